The van der Waals surface area contributed by atoms with Crippen molar-refractivity contribution in [2.45, 2.75) is 41.0 Å². The molecular formula is C25H30N+. The van der Waals surface area contributed by atoms with Crippen molar-refractivity contribution in [2.24, 2.45) is 13.0 Å². The minimum atomic E-state index is 0.661. The van der Waals surface area contributed by atoms with Crippen LogP contribution < -0.4 is 4.57 Å². The summed E-state index contributed by atoms with van der Waals surface area (Å²) in [6.07, 6.45) is 3.39. The third kappa shape index (κ3) is 3.72. The minimum Gasteiger partial charge on any atom is -0.201 e. The fraction of sp³-hybridized carbons (Fsp3) is 0.320. The monoisotopic (exact) mass is 344 g/mol. The molecule has 0 unspecified atom stereocenters. The highest BCUT2D eigenvalue weighted by Crippen LogP contribution is 2.30. The van der Waals surface area contributed by atoms with E-state index < -0.39 is 0 Å². The number of aryl methyl sites for hydroxylation is 4. The molecule has 0 atom stereocenters. The molecule has 0 saturated carbocycles. The van der Waals surface area contributed by atoms with Gasteiger partial charge in [0.25, 0.3) is 0 Å². The van der Waals surface area contributed by atoms with Gasteiger partial charge in [-0.05, 0) is 67.0 Å². The maximum absolute atomic E-state index is 2.39. The third-order valence-corrected chi connectivity index (χ3v) is 5.18. The first-order valence-corrected chi connectivity index (χ1v) is 9.53. The van der Waals surface area contributed by atoms with Gasteiger partial charge in [0.05, 0.1) is 0 Å². The molecule has 26 heavy (non-hydrogen) atoms. The standard InChI is InChI=1S/C25H30N/c1-17(2)13-22-15-25(26(6)16-20(22)5)24-14-21(12-11-19(24)4)23-10-8-7-9-18(23)3/h7-12,14-17H,13H2,1-6H3/q+1. The van der Waals surface area contributed by atoms with E-state index in [4.69, 9.17) is 0 Å². The second-order valence-electron chi connectivity index (χ2n) is 7.92. The molecule has 0 aliphatic carbocycles. The quantitative estimate of drug-likeness (QED) is 0.513. The van der Waals surface area contributed by atoms with E-state index in [1.54, 1.807) is 0 Å². The molecular weight excluding hydrogens is 314 g/mol. The van der Waals surface area contributed by atoms with Crippen molar-refractivity contribution >= 4 is 0 Å². The zero-order valence-corrected chi connectivity index (χ0v) is 16.9. The van der Waals surface area contributed by atoms with Crippen LogP contribution in [0.1, 0.15) is 36.1 Å². The largest absolute Gasteiger partial charge is 0.212 e. The average Bonchev–Trinajstić information content (AvgIpc) is 2.58. The van der Waals surface area contributed by atoms with E-state index >= 15 is 0 Å². The lowest BCUT2D eigenvalue weighted by molar-refractivity contribution is -0.660. The number of rotatable bonds is 4. The number of aromatic nitrogens is 1. The zero-order valence-electron chi connectivity index (χ0n) is 16.9. The fourth-order valence-electron chi connectivity index (χ4n) is 3.71. The van der Waals surface area contributed by atoms with Crippen molar-refractivity contribution in [3.05, 3.63) is 77.0 Å². The van der Waals surface area contributed by atoms with Crippen molar-refractivity contribution in [1.29, 1.82) is 0 Å². The van der Waals surface area contributed by atoms with Crippen molar-refractivity contribution in [3.63, 3.8) is 0 Å². The Bertz CT molecular complexity index is 935. The van der Waals surface area contributed by atoms with Gasteiger partial charge < -0.3 is 0 Å². The summed E-state index contributed by atoms with van der Waals surface area (Å²) in [7, 11) is 2.15. The van der Waals surface area contributed by atoms with Gasteiger partial charge in [0.15, 0.2) is 6.20 Å². The van der Waals surface area contributed by atoms with E-state index in [1.165, 1.54) is 44.6 Å². The Morgan fingerprint density at radius 2 is 1.50 bits per heavy atom. The lowest BCUT2D eigenvalue weighted by atomic mass is 9.93. The molecule has 1 nitrogen and oxygen atoms in total. The number of hydrogen-bond donors (Lipinski definition) is 0. The molecule has 134 valence electrons. The number of benzene rings is 2. The van der Waals surface area contributed by atoms with Crippen LogP contribution in [0.5, 0.6) is 0 Å². The predicted octanol–water partition coefficient (Wildman–Crippen LogP) is 5.97. The van der Waals surface area contributed by atoms with Crippen molar-refractivity contribution < 1.29 is 4.57 Å². The van der Waals surface area contributed by atoms with Crippen LogP contribution in [0.4, 0.5) is 0 Å². The van der Waals surface area contributed by atoms with E-state index in [9.17, 15) is 0 Å². The summed E-state index contributed by atoms with van der Waals surface area (Å²) in [5, 5.41) is 0. The van der Waals surface area contributed by atoms with Gasteiger partial charge >= 0.3 is 0 Å². The highest BCUT2D eigenvalue weighted by atomic mass is 14.9. The molecule has 1 aromatic heterocycles. The third-order valence-electron chi connectivity index (χ3n) is 5.18. The molecule has 0 aliphatic rings. The number of pyridine rings is 1. The Morgan fingerprint density at radius 3 is 2.19 bits per heavy atom. The fourth-order valence-corrected chi connectivity index (χ4v) is 3.71. The van der Waals surface area contributed by atoms with Crippen molar-refractivity contribution in [2.75, 3.05) is 0 Å². The van der Waals surface area contributed by atoms with Crippen LogP contribution in [0.3, 0.4) is 0 Å². The van der Waals surface area contributed by atoms with Crippen LogP contribution in [0.25, 0.3) is 22.4 Å². The summed E-state index contributed by atoms with van der Waals surface area (Å²) in [5.41, 5.74) is 10.7. The molecule has 3 aromatic rings. The molecule has 0 spiro atoms. The van der Waals surface area contributed by atoms with E-state index in [0.29, 0.717) is 5.92 Å². The smallest absolute Gasteiger partial charge is 0.201 e. The van der Waals surface area contributed by atoms with Gasteiger partial charge in [-0.25, -0.2) is 4.57 Å². The topological polar surface area (TPSA) is 3.88 Å². The summed E-state index contributed by atoms with van der Waals surface area (Å²) in [4.78, 5) is 0. The highest BCUT2D eigenvalue weighted by molar-refractivity contribution is 5.74. The van der Waals surface area contributed by atoms with E-state index in [0.717, 1.165) is 6.42 Å². The Morgan fingerprint density at radius 1 is 0.808 bits per heavy atom. The SMILES string of the molecule is Cc1c[n+](C)c(-c2cc(-c3ccccc3C)ccc2C)cc1CC(C)C. The van der Waals surface area contributed by atoms with Gasteiger partial charge in [-0.3, -0.25) is 0 Å². The minimum absolute atomic E-state index is 0.661. The lowest BCUT2D eigenvalue weighted by Crippen LogP contribution is -2.32. The predicted molar refractivity (Wildman–Crippen MR) is 111 cm³/mol. The van der Waals surface area contributed by atoms with Gasteiger partial charge in [0, 0.05) is 17.2 Å². The molecule has 3 rings (SSSR count). The molecule has 0 bridgehead atoms. The normalized spacial score (nSPS) is 11.2. The maximum Gasteiger partial charge on any atom is 0.212 e. The summed E-state index contributed by atoms with van der Waals surface area (Å²) in [6.45, 7) is 11.2. The molecule has 0 amide bonds. The summed E-state index contributed by atoms with van der Waals surface area (Å²) >= 11 is 0. The van der Waals surface area contributed by atoms with E-state index in [2.05, 4.69) is 101 Å². The zero-order chi connectivity index (χ0) is 18.8. The lowest BCUT2D eigenvalue weighted by Gasteiger charge is -2.13. The molecule has 1 heterocycles. The first kappa shape index (κ1) is 18.4. The van der Waals surface area contributed by atoms with Crippen LogP contribution >= 0.6 is 0 Å². The van der Waals surface area contributed by atoms with Crippen molar-refractivity contribution in [1.82, 2.24) is 0 Å². The van der Waals surface area contributed by atoms with Crippen LogP contribution in [-0.2, 0) is 13.5 Å². The van der Waals surface area contributed by atoms with Gasteiger partial charge in [0.2, 0.25) is 5.69 Å². The van der Waals surface area contributed by atoms with Gasteiger partial charge in [-0.15, -0.1) is 0 Å². The van der Waals surface area contributed by atoms with E-state index in [1.807, 2.05) is 0 Å². The van der Waals surface area contributed by atoms with Crippen LogP contribution in [0, 0.1) is 26.7 Å². The Labute approximate surface area is 158 Å². The van der Waals surface area contributed by atoms with Crippen LogP contribution in [0.15, 0.2) is 54.7 Å². The van der Waals surface area contributed by atoms with Gasteiger partial charge in [-0.2, -0.15) is 0 Å². The number of nitrogens with zero attached hydrogens (tertiary/aromatic N) is 1. The Kier molecular flexibility index (Phi) is 5.27. The molecule has 0 fully saturated rings. The molecule has 1 heteroatoms. The molecule has 2 aromatic carbocycles. The summed E-state index contributed by atoms with van der Waals surface area (Å²) in [5.74, 6) is 0.661. The maximum atomic E-state index is 2.39. The van der Waals surface area contributed by atoms with Crippen LogP contribution in [0.2, 0.25) is 0 Å². The first-order valence-electron chi connectivity index (χ1n) is 9.53. The number of hydrogen-bond acceptors (Lipinski definition) is 0. The molecule has 0 N–H and O–H groups in total. The highest BCUT2D eigenvalue weighted by Gasteiger charge is 2.17. The second kappa shape index (κ2) is 7.45. The Hall–Kier alpha value is -2.41. The molecule has 0 radical (unpaired) electrons. The second-order valence-corrected chi connectivity index (χ2v) is 7.92. The van der Waals surface area contributed by atoms with Gasteiger partial charge in [0.1, 0.15) is 7.05 Å². The molecule has 0 aliphatic heterocycles. The first-order chi connectivity index (χ1) is 12.4. The summed E-state index contributed by atoms with van der Waals surface area (Å²) in [6, 6.07) is 17.8. The van der Waals surface area contributed by atoms with Crippen molar-refractivity contribution in [3.8, 4) is 22.4 Å². The summed E-state index contributed by atoms with van der Waals surface area (Å²) < 4.78 is 2.27. The van der Waals surface area contributed by atoms with E-state index in [-0.39, 0.29) is 0 Å². The van der Waals surface area contributed by atoms with Gasteiger partial charge in [-0.1, -0.05) is 50.2 Å². The van der Waals surface area contributed by atoms with Crippen LogP contribution in [-0.4, -0.2) is 0 Å². The average molecular weight is 345 g/mol. The molecule has 0 saturated heterocycles. The Balaban J connectivity index is 2.15.